The van der Waals surface area contributed by atoms with Crippen LogP contribution in [-0.2, 0) is 28.5 Å². The molecule has 194 valence electrons. The van der Waals surface area contributed by atoms with E-state index in [2.05, 4.69) is 20.5 Å². The molecule has 37 heavy (non-hydrogen) atoms. The van der Waals surface area contributed by atoms with Crippen LogP contribution in [-0.4, -0.2) is 54.4 Å². The van der Waals surface area contributed by atoms with E-state index in [1.807, 2.05) is 0 Å². The Morgan fingerprint density at radius 3 is 2.49 bits per heavy atom. The fourth-order valence-corrected chi connectivity index (χ4v) is 4.51. The second-order valence-corrected chi connectivity index (χ2v) is 9.58. The number of halogens is 2. The molecule has 0 spiro atoms. The van der Waals surface area contributed by atoms with Gasteiger partial charge in [0, 0.05) is 19.7 Å². The van der Waals surface area contributed by atoms with E-state index in [-0.39, 0.29) is 43.3 Å². The minimum absolute atomic E-state index is 0.00253. The molecule has 12 heteroatoms. The van der Waals surface area contributed by atoms with Crippen molar-refractivity contribution < 1.29 is 27.8 Å². The summed E-state index contributed by atoms with van der Waals surface area (Å²) in [6, 6.07) is 6.93. The number of carbonyl (C=O) groups is 1. The highest BCUT2D eigenvalue weighted by molar-refractivity contribution is 5.97. The number of pyridine rings is 1. The van der Waals surface area contributed by atoms with Crippen molar-refractivity contribution in [3.8, 4) is 5.75 Å². The molecule has 4 aromatic rings. The van der Waals surface area contributed by atoms with Crippen LogP contribution < -0.4 is 4.74 Å². The predicted molar refractivity (Wildman–Crippen MR) is 126 cm³/mol. The average Bonchev–Trinajstić information content (AvgIpc) is 3.43. The molecule has 4 heterocycles. The van der Waals surface area contributed by atoms with Crippen LogP contribution in [0.1, 0.15) is 47.8 Å². The monoisotopic (exact) mass is 512 g/mol. The summed E-state index contributed by atoms with van der Waals surface area (Å²) in [4.78, 5) is 18.3. The van der Waals surface area contributed by atoms with E-state index in [0.717, 1.165) is 0 Å². The van der Waals surface area contributed by atoms with Gasteiger partial charge in [0.25, 0.3) is 0 Å². The Hall–Kier alpha value is -3.77. The number of tetrazole rings is 1. The zero-order chi connectivity index (χ0) is 26.4. The Morgan fingerprint density at radius 2 is 1.84 bits per heavy atom. The summed E-state index contributed by atoms with van der Waals surface area (Å²) in [6.07, 6.45) is 1.68. The van der Waals surface area contributed by atoms with E-state index < -0.39 is 22.8 Å². The number of hydrogen-bond donors (Lipinski definition) is 0. The van der Waals surface area contributed by atoms with Gasteiger partial charge in [0.1, 0.15) is 23.9 Å². The molecule has 0 bridgehead atoms. The quantitative estimate of drug-likeness (QED) is 0.347. The van der Waals surface area contributed by atoms with Crippen molar-refractivity contribution in [1.29, 1.82) is 0 Å². The lowest BCUT2D eigenvalue weighted by molar-refractivity contribution is -0.270. The van der Waals surface area contributed by atoms with Crippen molar-refractivity contribution >= 4 is 11.4 Å². The fourth-order valence-electron chi connectivity index (χ4n) is 4.51. The lowest BCUT2D eigenvalue weighted by Crippen LogP contribution is -2.51. The van der Waals surface area contributed by atoms with Gasteiger partial charge in [0.2, 0.25) is 0 Å². The zero-order valence-electron chi connectivity index (χ0n) is 20.9. The van der Waals surface area contributed by atoms with Crippen LogP contribution in [0, 0.1) is 18.6 Å². The van der Waals surface area contributed by atoms with Crippen molar-refractivity contribution in [2.24, 2.45) is 7.05 Å². The number of aromatic nitrogens is 6. The lowest BCUT2D eigenvalue weighted by atomic mass is 9.81. The number of carbonyl (C=O) groups excluding carboxylic acids is 1. The summed E-state index contributed by atoms with van der Waals surface area (Å²) in [5.74, 6) is -1.68. The van der Waals surface area contributed by atoms with Gasteiger partial charge in [-0.1, -0.05) is 6.07 Å². The molecule has 1 fully saturated rings. The maximum Gasteiger partial charge on any atom is 0.182 e. The van der Waals surface area contributed by atoms with E-state index in [0.29, 0.717) is 22.9 Å². The van der Waals surface area contributed by atoms with Crippen molar-refractivity contribution in [2.75, 3.05) is 13.2 Å². The van der Waals surface area contributed by atoms with Gasteiger partial charge in [-0.05, 0) is 55.5 Å². The molecular formula is C25H26F2N6O4. The van der Waals surface area contributed by atoms with Gasteiger partial charge in [0.05, 0.1) is 29.9 Å². The number of ketones is 1. The number of benzene rings is 1. The minimum atomic E-state index is -0.919. The van der Waals surface area contributed by atoms with Gasteiger partial charge in [-0.2, -0.15) is 0 Å². The van der Waals surface area contributed by atoms with Crippen molar-refractivity contribution in [3.05, 3.63) is 70.9 Å². The lowest BCUT2D eigenvalue weighted by Gasteiger charge is -2.42. The maximum atomic E-state index is 14.1. The van der Waals surface area contributed by atoms with Crippen LogP contribution in [0.4, 0.5) is 8.78 Å². The molecule has 1 aromatic carbocycles. The van der Waals surface area contributed by atoms with E-state index in [1.165, 1.54) is 22.9 Å². The molecule has 0 saturated carbocycles. The molecule has 0 radical (unpaired) electrons. The third kappa shape index (κ3) is 4.58. The van der Waals surface area contributed by atoms with Gasteiger partial charge in [-0.25, -0.2) is 18.4 Å². The molecule has 1 saturated heterocycles. The van der Waals surface area contributed by atoms with Gasteiger partial charge in [-0.15, -0.1) is 5.10 Å². The minimum Gasteiger partial charge on any atom is -0.485 e. The molecule has 10 nitrogen and oxygen atoms in total. The van der Waals surface area contributed by atoms with Crippen molar-refractivity contribution in [3.63, 3.8) is 0 Å². The molecule has 5 rings (SSSR count). The molecule has 3 aromatic heterocycles. The molecule has 0 N–H and O–H groups in total. The maximum absolute atomic E-state index is 14.1. The molecule has 0 unspecified atom stereocenters. The number of Topliss-reactive ketones (excluding diaryl/α,β-unsaturated/α-hetero) is 1. The van der Waals surface area contributed by atoms with E-state index in [4.69, 9.17) is 14.2 Å². The van der Waals surface area contributed by atoms with Crippen LogP contribution in [0.5, 0.6) is 5.75 Å². The van der Waals surface area contributed by atoms with Gasteiger partial charge in [-0.3, -0.25) is 9.20 Å². The Labute approximate surface area is 211 Å². The Bertz CT molecular complexity index is 1450. The Balaban J connectivity index is 1.46. The highest BCUT2D eigenvalue weighted by Crippen LogP contribution is 2.36. The molecule has 1 aliphatic heterocycles. The summed E-state index contributed by atoms with van der Waals surface area (Å²) in [6.45, 7) is 5.35. The van der Waals surface area contributed by atoms with Crippen LogP contribution in [0.2, 0.25) is 0 Å². The van der Waals surface area contributed by atoms with Crippen molar-refractivity contribution in [2.45, 2.75) is 45.0 Å². The summed E-state index contributed by atoms with van der Waals surface area (Å²) < 4.78 is 48.8. The summed E-state index contributed by atoms with van der Waals surface area (Å²) in [5.41, 5.74) is 0.0623. The molecule has 0 atom stereocenters. The van der Waals surface area contributed by atoms with Crippen LogP contribution in [0.15, 0.2) is 36.5 Å². The second kappa shape index (κ2) is 9.27. The molecular weight excluding hydrogens is 486 g/mol. The number of fused-ring (bicyclic) bond motifs is 1. The average molecular weight is 513 g/mol. The van der Waals surface area contributed by atoms with E-state index >= 15 is 0 Å². The van der Waals surface area contributed by atoms with E-state index in [1.54, 1.807) is 50.5 Å². The van der Waals surface area contributed by atoms with Crippen molar-refractivity contribution in [1.82, 2.24) is 29.6 Å². The second-order valence-electron chi connectivity index (χ2n) is 9.58. The third-order valence-electron chi connectivity index (χ3n) is 6.47. The first kappa shape index (κ1) is 24.9. The summed E-state index contributed by atoms with van der Waals surface area (Å²) in [7, 11) is 1.70. The van der Waals surface area contributed by atoms with Crippen LogP contribution in [0.25, 0.3) is 5.65 Å². The summed E-state index contributed by atoms with van der Waals surface area (Å²) in [5, 5.41) is 11.8. The fraction of sp³-hybridized carbons (Fsp3) is 0.400. The normalized spacial score (nSPS) is 16.7. The number of imidazole rings is 1. The number of ether oxygens (including phenoxy) is 3. The third-order valence-corrected chi connectivity index (χ3v) is 6.47. The Morgan fingerprint density at radius 1 is 1.14 bits per heavy atom. The standard InChI is InChI=1S/C25H26F2N6O4/c1-15-21(19(34)11-25(23-29-30-31-32(23)4)13-36-24(2,3)37-14-25)33-10-6-9-20(22(33)28-15)35-12-16-17(26)7-5-8-18(16)27/h5-10H,11-14H2,1-4H3. The first-order chi connectivity index (χ1) is 17.6. The zero-order valence-corrected chi connectivity index (χ0v) is 20.9. The van der Waals surface area contributed by atoms with E-state index in [9.17, 15) is 13.6 Å². The van der Waals surface area contributed by atoms with Gasteiger partial charge >= 0.3 is 0 Å². The van der Waals surface area contributed by atoms with Crippen LogP contribution >= 0.6 is 0 Å². The highest BCUT2D eigenvalue weighted by Gasteiger charge is 2.47. The molecule has 0 aliphatic carbocycles. The summed E-state index contributed by atoms with van der Waals surface area (Å²) >= 11 is 0. The smallest absolute Gasteiger partial charge is 0.182 e. The SMILES string of the molecule is Cc1nc2c(OCc3c(F)cccc3F)cccn2c1C(=O)CC1(c2nnnn2C)COC(C)(C)OC1. The topological polar surface area (TPSA) is 106 Å². The Kier molecular flexibility index (Phi) is 6.24. The van der Waals surface area contributed by atoms with Crippen LogP contribution in [0.3, 0.4) is 0 Å². The molecule has 0 amide bonds. The first-order valence-corrected chi connectivity index (χ1v) is 11.7. The largest absolute Gasteiger partial charge is 0.485 e. The number of nitrogens with zero attached hydrogens (tertiary/aromatic N) is 6. The first-order valence-electron chi connectivity index (χ1n) is 11.7. The number of aryl methyl sites for hydroxylation is 2. The molecule has 1 aliphatic rings. The predicted octanol–water partition coefficient (Wildman–Crippen LogP) is 3.32. The van der Waals surface area contributed by atoms with Gasteiger partial charge in [0.15, 0.2) is 28.8 Å². The van der Waals surface area contributed by atoms with Gasteiger partial charge < -0.3 is 14.2 Å². The highest BCUT2D eigenvalue weighted by atomic mass is 19.1. The number of hydrogen-bond acceptors (Lipinski definition) is 8. The number of rotatable bonds is 7.